The van der Waals surface area contributed by atoms with Crippen molar-refractivity contribution in [2.24, 2.45) is 17.3 Å². The predicted octanol–water partition coefficient (Wildman–Crippen LogP) is 4.55. The van der Waals surface area contributed by atoms with Crippen LogP contribution in [0, 0.1) is 17.3 Å². The van der Waals surface area contributed by atoms with Crippen LogP contribution < -0.4 is 0 Å². The van der Waals surface area contributed by atoms with Gasteiger partial charge in [-0.3, -0.25) is 9.59 Å². The summed E-state index contributed by atoms with van der Waals surface area (Å²) in [4.78, 5) is 23.7. The minimum Gasteiger partial charge on any atom is -0.481 e. The molecule has 0 radical (unpaired) electrons. The van der Waals surface area contributed by atoms with E-state index in [-0.39, 0.29) is 5.78 Å². The van der Waals surface area contributed by atoms with Crippen LogP contribution in [0.25, 0.3) is 0 Å². The number of carbonyl (C=O) groups excluding carboxylic acids is 1. The SMILES string of the molecule is CC(=O)C1(CCC(C)CCC=C(C)C)C=CC=CC1C(=O)O. The molecule has 22 heavy (non-hydrogen) atoms. The van der Waals surface area contributed by atoms with E-state index in [1.165, 1.54) is 12.5 Å². The third-order valence-corrected chi connectivity index (χ3v) is 4.55. The Morgan fingerprint density at radius 1 is 1.23 bits per heavy atom. The number of allylic oxidation sites excluding steroid dienone is 5. The molecule has 3 atom stereocenters. The Balaban J connectivity index is 2.74. The van der Waals surface area contributed by atoms with E-state index in [1.807, 2.05) is 0 Å². The Morgan fingerprint density at radius 3 is 2.45 bits per heavy atom. The Morgan fingerprint density at radius 2 is 1.91 bits per heavy atom. The summed E-state index contributed by atoms with van der Waals surface area (Å²) in [6.45, 7) is 7.86. The van der Waals surface area contributed by atoms with Crippen LogP contribution in [0.1, 0.15) is 53.4 Å². The molecule has 0 aromatic rings. The van der Waals surface area contributed by atoms with Gasteiger partial charge in [0.1, 0.15) is 5.78 Å². The third kappa shape index (κ3) is 4.69. The van der Waals surface area contributed by atoms with Crippen molar-refractivity contribution in [1.29, 1.82) is 0 Å². The van der Waals surface area contributed by atoms with Crippen LogP contribution >= 0.6 is 0 Å². The van der Waals surface area contributed by atoms with Crippen molar-refractivity contribution in [1.82, 2.24) is 0 Å². The Labute approximate surface area is 133 Å². The predicted molar refractivity (Wildman–Crippen MR) is 89.6 cm³/mol. The second kappa shape index (κ2) is 8.11. The maximum Gasteiger partial charge on any atom is 0.311 e. The van der Waals surface area contributed by atoms with Gasteiger partial charge in [-0.25, -0.2) is 0 Å². The van der Waals surface area contributed by atoms with Gasteiger partial charge in [0.25, 0.3) is 0 Å². The Hall–Kier alpha value is -1.64. The summed E-state index contributed by atoms with van der Waals surface area (Å²) in [7, 11) is 0. The Bertz CT molecular complexity index is 495. The largest absolute Gasteiger partial charge is 0.481 e. The van der Waals surface area contributed by atoms with Crippen LogP contribution in [-0.2, 0) is 9.59 Å². The molecule has 1 N–H and O–H groups in total. The number of ketones is 1. The molecule has 0 amide bonds. The van der Waals surface area contributed by atoms with Crippen LogP contribution in [0.2, 0.25) is 0 Å². The van der Waals surface area contributed by atoms with E-state index in [4.69, 9.17) is 0 Å². The summed E-state index contributed by atoms with van der Waals surface area (Å²) in [6, 6.07) is 0. The van der Waals surface area contributed by atoms with Gasteiger partial charge in [-0.1, -0.05) is 42.9 Å². The van der Waals surface area contributed by atoms with Crippen LogP contribution in [0.5, 0.6) is 0 Å². The molecule has 0 spiro atoms. The lowest BCUT2D eigenvalue weighted by Crippen LogP contribution is -2.40. The van der Waals surface area contributed by atoms with Crippen LogP contribution in [0.15, 0.2) is 36.0 Å². The van der Waals surface area contributed by atoms with E-state index in [0.29, 0.717) is 12.3 Å². The van der Waals surface area contributed by atoms with E-state index in [0.717, 1.165) is 19.3 Å². The zero-order chi connectivity index (χ0) is 16.8. The molecule has 0 aromatic heterocycles. The van der Waals surface area contributed by atoms with Crippen molar-refractivity contribution in [3.63, 3.8) is 0 Å². The highest BCUT2D eigenvalue weighted by Gasteiger charge is 2.44. The highest BCUT2D eigenvalue weighted by molar-refractivity contribution is 5.91. The van der Waals surface area contributed by atoms with Crippen molar-refractivity contribution in [3.8, 4) is 0 Å². The van der Waals surface area contributed by atoms with Gasteiger partial charge in [-0.05, 0) is 52.4 Å². The number of rotatable bonds is 8. The van der Waals surface area contributed by atoms with Gasteiger partial charge in [0.05, 0.1) is 11.3 Å². The van der Waals surface area contributed by atoms with Crippen LogP contribution in [-0.4, -0.2) is 16.9 Å². The molecule has 0 heterocycles. The molecule has 1 rings (SSSR count). The van der Waals surface area contributed by atoms with E-state index in [2.05, 4.69) is 26.8 Å². The smallest absolute Gasteiger partial charge is 0.311 e. The number of carboxylic acid groups (broad SMARTS) is 1. The first-order chi connectivity index (χ1) is 10.3. The number of carboxylic acids is 1. The number of hydrogen-bond acceptors (Lipinski definition) is 2. The van der Waals surface area contributed by atoms with Crippen molar-refractivity contribution in [2.75, 3.05) is 0 Å². The summed E-state index contributed by atoms with van der Waals surface area (Å²) in [6.07, 6.45) is 12.7. The van der Waals surface area contributed by atoms with Crippen molar-refractivity contribution < 1.29 is 14.7 Å². The molecule has 1 aliphatic rings. The lowest BCUT2D eigenvalue weighted by Gasteiger charge is -2.34. The number of aliphatic carboxylic acids is 1. The van der Waals surface area contributed by atoms with Gasteiger partial charge in [-0.15, -0.1) is 0 Å². The first-order valence-electron chi connectivity index (χ1n) is 8.03. The lowest BCUT2D eigenvalue weighted by molar-refractivity contribution is -0.147. The summed E-state index contributed by atoms with van der Waals surface area (Å²) in [5.74, 6) is -1.26. The zero-order valence-electron chi connectivity index (χ0n) is 14.1. The van der Waals surface area contributed by atoms with Crippen LogP contribution in [0.3, 0.4) is 0 Å². The monoisotopic (exact) mass is 304 g/mol. The molecule has 0 fully saturated rings. The molecule has 3 unspecified atom stereocenters. The fourth-order valence-electron chi connectivity index (χ4n) is 3.02. The van der Waals surface area contributed by atoms with Gasteiger partial charge >= 0.3 is 5.97 Å². The highest BCUT2D eigenvalue weighted by atomic mass is 16.4. The van der Waals surface area contributed by atoms with Crippen molar-refractivity contribution in [3.05, 3.63) is 36.0 Å². The molecule has 0 aromatic carbocycles. The summed E-state index contributed by atoms with van der Waals surface area (Å²) >= 11 is 0. The molecular formula is C19H28O3. The number of Topliss-reactive ketones (excluding diaryl/α,β-unsaturated/α-hetero) is 1. The van der Waals surface area contributed by atoms with Gasteiger partial charge < -0.3 is 5.11 Å². The minimum absolute atomic E-state index is 0.0583. The van der Waals surface area contributed by atoms with E-state index in [1.54, 1.807) is 24.3 Å². The molecule has 0 aliphatic heterocycles. The second-order valence-electron chi connectivity index (χ2n) is 6.66. The Kier molecular flexibility index (Phi) is 6.79. The molecular weight excluding hydrogens is 276 g/mol. The first-order valence-corrected chi connectivity index (χ1v) is 8.03. The maximum atomic E-state index is 12.2. The van der Waals surface area contributed by atoms with Gasteiger partial charge in [0, 0.05) is 0 Å². The minimum atomic E-state index is -0.923. The van der Waals surface area contributed by atoms with Crippen LogP contribution in [0.4, 0.5) is 0 Å². The standard InChI is InChI=1S/C19H28O3/c1-14(2)8-7-9-15(3)11-13-19(16(4)20)12-6-5-10-17(19)18(21)22/h5-6,8,10,12,15,17H,7,9,11,13H2,1-4H3,(H,21,22). The van der Waals surface area contributed by atoms with E-state index in [9.17, 15) is 14.7 Å². The first kappa shape index (κ1) is 18.4. The average Bonchev–Trinajstić information content (AvgIpc) is 2.44. The average molecular weight is 304 g/mol. The molecule has 3 heteroatoms. The summed E-state index contributed by atoms with van der Waals surface area (Å²) in [5, 5.41) is 9.45. The van der Waals surface area contributed by atoms with Gasteiger partial charge in [0.2, 0.25) is 0 Å². The third-order valence-electron chi connectivity index (χ3n) is 4.55. The highest BCUT2D eigenvalue weighted by Crippen LogP contribution is 2.40. The van der Waals surface area contributed by atoms with E-state index < -0.39 is 17.3 Å². The number of hydrogen-bond donors (Lipinski definition) is 1. The number of carbonyl (C=O) groups is 2. The molecule has 122 valence electrons. The fraction of sp³-hybridized carbons (Fsp3) is 0.579. The van der Waals surface area contributed by atoms with Crippen molar-refractivity contribution >= 4 is 11.8 Å². The molecule has 0 bridgehead atoms. The molecule has 1 aliphatic carbocycles. The quantitative estimate of drug-likeness (QED) is 0.669. The van der Waals surface area contributed by atoms with Gasteiger partial charge in [0.15, 0.2) is 0 Å². The summed E-state index contributed by atoms with van der Waals surface area (Å²) < 4.78 is 0. The molecule has 0 saturated carbocycles. The molecule has 3 nitrogen and oxygen atoms in total. The normalized spacial score (nSPS) is 24.8. The fourth-order valence-corrected chi connectivity index (χ4v) is 3.02. The molecule has 0 saturated heterocycles. The topological polar surface area (TPSA) is 54.4 Å². The van der Waals surface area contributed by atoms with E-state index >= 15 is 0 Å². The van der Waals surface area contributed by atoms with Gasteiger partial charge in [-0.2, -0.15) is 0 Å². The van der Waals surface area contributed by atoms with Crippen molar-refractivity contribution in [2.45, 2.75) is 53.4 Å². The maximum absolute atomic E-state index is 12.2. The zero-order valence-corrected chi connectivity index (χ0v) is 14.1. The second-order valence-corrected chi connectivity index (χ2v) is 6.66. The summed E-state index contributed by atoms with van der Waals surface area (Å²) in [5.41, 5.74) is 0.435. The lowest BCUT2D eigenvalue weighted by atomic mass is 9.66.